The lowest BCUT2D eigenvalue weighted by atomic mass is 9.96. The highest BCUT2D eigenvalue weighted by Crippen LogP contribution is 2.28. The fraction of sp³-hybridized carbons (Fsp3) is 0.467. The number of hydrogen-bond acceptors (Lipinski definition) is 8. The van der Waals surface area contributed by atoms with E-state index in [0.29, 0.717) is 11.7 Å². The lowest BCUT2D eigenvalue weighted by Gasteiger charge is -2.34. The standard InChI is InChI=1S/C30H37N9O/c1-20-28(21(2)39-30(33-20)34-22(3)35-39)15-25-9-10-38(19-25)27-16-31-29(32-17-27)26-7-5-24(6-8-26)18-36-11-13-37(14-12-36)23(4)40/h5-8,16-17,25H,9-15,18-19H2,1-4H3/t25-/m0/s1. The molecule has 10 heteroatoms. The molecular weight excluding hydrogens is 502 g/mol. The second kappa shape index (κ2) is 10.9. The van der Waals surface area contributed by atoms with E-state index in [1.165, 1.54) is 11.1 Å². The normalized spacial score (nSPS) is 18.1. The average molecular weight is 540 g/mol. The van der Waals surface area contributed by atoms with Crippen LogP contribution in [0.2, 0.25) is 0 Å². The van der Waals surface area contributed by atoms with Gasteiger partial charge in [-0.25, -0.2) is 19.5 Å². The van der Waals surface area contributed by atoms with Crippen molar-refractivity contribution in [1.29, 1.82) is 0 Å². The number of carbonyl (C=O) groups is 1. The Hall–Kier alpha value is -3.92. The minimum atomic E-state index is 0.166. The van der Waals surface area contributed by atoms with Crippen molar-refractivity contribution in [3.63, 3.8) is 0 Å². The Bertz CT molecular complexity index is 1510. The Morgan fingerprint density at radius 3 is 2.38 bits per heavy atom. The summed E-state index contributed by atoms with van der Waals surface area (Å²) >= 11 is 0. The van der Waals surface area contributed by atoms with Crippen LogP contribution in [0.25, 0.3) is 17.2 Å². The van der Waals surface area contributed by atoms with Crippen LogP contribution < -0.4 is 4.90 Å². The van der Waals surface area contributed by atoms with Crippen molar-refractivity contribution >= 4 is 17.4 Å². The van der Waals surface area contributed by atoms with Crippen LogP contribution in [-0.4, -0.2) is 84.5 Å². The van der Waals surface area contributed by atoms with Crippen LogP contribution in [-0.2, 0) is 17.8 Å². The maximum Gasteiger partial charge on any atom is 0.252 e. The molecule has 3 aromatic heterocycles. The summed E-state index contributed by atoms with van der Waals surface area (Å²) in [5, 5.41) is 4.53. The molecule has 1 atom stereocenters. The summed E-state index contributed by atoms with van der Waals surface area (Å²) in [5.41, 5.74) is 6.81. The van der Waals surface area contributed by atoms with E-state index in [0.717, 1.165) is 92.9 Å². The van der Waals surface area contributed by atoms with Gasteiger partial charge in [0.25, 0.3) is 5.78 Å². The van der Waals surface area contributed by atoms with E-state index in [1.807, 2.05) is 28.7 Å². The number of aromatic nitrogens is 6. The molecule has 0 aliphatic carbocycles. The summed E-state index contributed by atoms with van der Waals surface area (Å²) in [5.74, 6) is 2.88. The number of benzene rings is 1. The number of anilines is 1. The fourth-order valence-corrected chi connectivity index (χ4v) is 6.00. The third kappa shape index (κ3) is 5.40. The van der Waals surface area contributed by atoms with Crippen LogP contribution >= 0.6 is 0 Å². The molecule has 0 unspecified atom stereocenters. The number of fused-ring (bicyclic) bond motifs is 1. The van der Waals surface area contributed by atoms with Gasteiger partial charge in [0.15, 0.2) is 5.82 Å². The highest BCUT2D eigenvalue weighted by molar-refractivity contribution is 5.73. The number of piperazine rings is 1. The average Bonchev–Trinajstić information content (AvgIpc) is 3.58. The van der Waals surface area contributed by atoms with E-state index in [2.05, 4.69) is 58.0 Å². The summed E-state index contributed by atoms with van der Waals surface area (Å²) in [6, 6.07) is 8.53. The third-order valence-corrected chi connectivity index (χ3v) is 8.37. The molecule has 2 saturated heterocycles. The highest BCUT2D eigenvalue weighted by Gasteiger charge is 2.26. The number of hydrogen-bond donors (Lipinski definition) is 0. The monoisotopic (exact) mass is 539 g/mol. The van der Waals surface area contributed by atoms with E-state index in [9.17, 15) is 4.79 Å². The van der Waals surface area contributed by atoms with Gasteiger partial charge in [-0.2, -0.15) is 10.1 Å². The largest absolute Gasteiger partial charge is 0.369 e. The predicted molar refractivity (Wildman–Crippen MR) is 154 cm³/mol. The molecule has 4 aromatic rings. The molecule has 10 nitrogen and oxygen atoms in total. The van der Waals surface area contributed by atoms with Crippen molar-refractivity contribution in [3.05, 3.63) is 65.0 Å². The number of aryl methyl sites for hydroxylation is 3. The number of carbonyl (C=O) groups excluding carboxylic acids is 1. The summed E-state index contributed by atoms with van der Waals surface area (Å²) in [7, 11) is 0. The summed E-state index contributed by atoms with van der Waals surface area (Å²) in [4.78, 5) is 36.8. The van der Waals surface area contributed by atoms with Crippen molar-refractivity contribution in [2.45, 2.75) is 47.1 Å². The van der Waals surface area contributed by atoms with Gasteiger partial charge in [-0.15, -0.1) is 0 Å². The van der Waals surface area contributed by atoms with Crippen LogP contribution in [0.15, 0.2) is 36.7 Å². The Balaban J connectivity index is 1.06. The molecule has 1 amide bonds. The molecular formula is C30H37N9O. The van der Waals surface area contributed by atoms with Gasteiger partial charge in [0.05, 0.1) is 18.1 Å². The Kier molecular flexibility index (Phi) is 7.18. The molecule has 5 heterocycles. The van der Waals surface area contributed by atoms with Crippen molar-refractivity contribution in [1.82, 2.24) is 39.3 Å². The maximum atomic E-state index is 11.6. The Morgan fingerprint density at radius 2 is 1.68 bits per heavy atom. The first kappa shape index (κ1) is 26.3. The van der Waals surface area contributed by atoms with Crippen LogP contribution in [0.1, 0.15) is 41.7 Å². The zero-order valence-corrected chi connectivity index (χ0v) is 23.8. The quantitative estimate of drug-likeness (QED) is 0.369. The van der Waals surface area contributed by atoms with Crippen LogP contribution in [0.3, 0.4) is 0 Å². The maximum absolute atomic E-state index is 11.6. The van der Waals surface area contributed by atoms with E-state index < -0.39 is 0 Å². The lowest BCUT2D eigenvalue weighted by molar-refractivity contribution is -0.130. The summed E-state index contributed by atoms with van der Waals surface area (Å²) < 4.78 is 1.88. The van der Waals surface area contributed by atoms with Gasteiger partial charge in [-0.3, -0.25) is 9.69 Å². The zero-order chi connectivity index (χ0) is 27.8. The molecule has 0 bridgehead atoms. The van der Waals surface area contributed by atoms with Crippen molar-refractivity contribution in [2.24, 2.45) is 5.92 Å². The molecule has 40 heavy (non-hydrogen) atoms. The molecule has 2 aliphatic rings. The van der Waals surface area contributed by atoms with Crippen molar-refractivity contribution in [3.8, 4) is 11.4 Å². The second-order valence-corrected chi connectivity index (χ2v) is 11.2. The first-order valence-corrected chi connectivity index (χ1v) is 14.2. The molecule has 2 fully saturated rings. The SMILES string of the molecule is CC(=O)N1CCN(Cc2ccc(-c3ncc(N4CC[C@@H](Cc5c(C)nc6nc(C)nn6c5C)C4)cn3)cc2)CC1. The van der Waals surface area contributed by atoms with E-state index in [4.69, 9.17) is 15.0 Å². The van der Waals surface area contributed by atoms with Gasteiger partial charge < -0.3 is 9.80 Å². The van der Waals surface area contributed by atoms with Gasteiger partial charge >= 0.3 is 0 Å². The van der Waals surface area contributed by atoms with Gasteiger partial charge in [-0.05, 0) is 50.7 Å². The predicted octanol–water partition coefficient (Wildman–Crippen LogP) is 3.24. The van der Waals surface area contributed by atoms with Crippen molar-refractivity contribution in [2.75, 3.05) is 44.2 Å². The molecule has 6 rings (SSSR count). The third-order valence-electron chi connectivity index (χ3n) is 8.37. The second-order valence-electron chi connectivity index (χ2n) is 11.2. The Morgan fingerprint density at radius 1 is 0.950 bits per heavy atom. The smallest absolute Gasteiger partial charge is 0.252 e. The van der Waals surface area contributed by atoms with Gasteiger partial charge in [0.1, 0.15) is 5.82 Å². The molecule has 0 saturated carbocycles. The highest BCUT2D eigenvalue weighted by atomic mass is 16.2. The van der Waals surface area contributed by atoms with Gasteiger partial charge in [-0.1, -0.05) is 24.3 Å². The van der Waals surface area contributed by atoms with E-state index in [-0.39, 0.29) is 5.91 Å². The number of rotatable bonds is 6. The van der Waals surface area contributed by atoms with Crippen LogP contribution in [0.5, 0.6) is 0 Å². The minimum absolute atomic E-state index is 0.166. The molecule has 1 aromatic carbocycles. The molecule has 2 aliphatic heterocycles. The molecule has 208 valence electrons. The minimum Gasteiger partial charge on any atom is -0.369 e. The number of nitrogens with zero attached hydrogens (tertiary/aromatic N) is 9. The van der Waals surface area contributed by atoms with E-state index in [1.54, 1.807) is 6.92 Å². The van der Waals surface area contributed by atoms with Crippen LogP contribution in [0, 0.1) is 26.7 Å². The number of amides is 1. The summed E-state index contributed by atoms with van der Waals surface area (Å²) in [6.45, 7) is 14.1. The zero-order valence-electron chi connectivity index (χ0n) is 23.8. The molecule has 0 spiro atoms. The molecule has 0 radical (unpaired) electrons. The van der Waals surface area contributed by atoms with Crippen LogP contribution in [0.4, 0.5) is 5.69 Å². The first-order valence-electron chi connectivity index (χ1n) is 14.2. The fourth-order valence-electron chi connectivity index (χ4n) is 6.00. The Labute approximate surface area is 235 Å². The van der Waals surface area contributed by atoms with E-state index >= 15 is 0 Å². The summed E-state index contributed by atoms with van der Waals surface area (Å²) in [6.07, 6.45) is 6.01. The first-order chi connectivity index (χ1) is 19.3. The lowest BCUT2D eigenvalue weighted by Crippen LogP contribution is -2.47. The van der Waals surface area contributed by atoms with Crippen molar-refractivity contribution < 1.29 is 4.79 Å². The topological polar surface area (TPSA) is 95.7 Å². The van der Waals surface area contributed by atoms with Gasteiger partial charge in [0, 0.05) is 69.7 Å². The van der Waals surface area contributed by atoms with Gasteiger partial charge in [0.2, 0.25) is 5.91 Å². The molecule has 0 N–H and O–H groups in total.